The van der Waals surface area contributed by atoms with Gasteiger partial charge in [0, 0.05) is 37.3 Å². The Kier molecular flexibility index (Phi) is 7.70. The Morgan fingerprint density at radius 1 is 0.921 bits per heavy atom. The fraction of sp³-hybridized carbons (Fsp3) is 0.241. The van der Waals surface area contributed by atoms with Crippen molar-refractivity contribution in [1.29, 1.82) is 0 Å². The Hall–Kier alpha value is -4.17. The van der Waals surface area contributed by atoms with E-state index in [4.69, 9.17) is 16.0 Å². The number of benzene rings is 2. The summed E-state index contributed by atoms with van der Waals surface area (Å²) >= 11 is 6.28. The number of carbonyl (C=O) groups excluding carboxylic acids is 2. The van der Waals surface area contributed by atoms with Gasteiger partial charge in [-0.05, 0) is 48.9 Å². The van der Waals surface area contributed by atoms with Crippen molar-refractivity contribution >= 4 is 29.2 Å². The Labute approximate surface area is 226 Å². The molecular weight excluding hydrogens is 502 g/mol. The van der Waals surface area contributed by atoms with Crippen molar-refractivity contribution in [2.45, 2.75) is 13.5 Å². The molecule has 1 fully saturated rings. The molecule has 3 heterocycles. The Bertz CT molecular complexity index is 1400. The standard InChI is InChI=1S/C29H28ClN5O3/c1-21-7-2-3-9-23(21)29(37)35(19-22-8-6-18-38-22)20-28(36)34-16-14-33(15-17-34)27-13-12-26(31-32-27)24-10-4-5-11-25(24)30/h2-13,18H,14-17,19-20H2,1H3. The van der Waals surface area contributed by atoms with Crippen LogP contribution in [0.5, 0.6) is 0 Å². The first-order chi connectivity index (χ1) is 18.5. The molecule has 5 rings (SSSR count). The van der Waals surface area contributed by atoms with E-state index in [9.17, 15) is 9.59 Å². The molecule has 8 nitrogen and oxygen atoms in total. The molecule has 1 aliphatic rings. The number of aromatic nitrogens is 2. The Morgan fingerprint density at radius 2 is 1.68 bits per heavy atom. The molecule has 0 radical (unpaired) electrons. The zero-order valence-electron chi connectivity index (χ0n) is 21.1. The molecule has 2 aromatic heterocycles. The summed E-state index contributed by atoms with van der Waals surface area (Å²) in [7, 11) is 0. The highest BCUT2D eigenvalue weighted by Gasteiger charge is 2.27. The first-order valence-electron chi connectivity index (χ1n) is 12.5. The van der Waals surface area contributed by atoms with Crippen LogP contribution in [0.2, 0.25) is 5.02 Å². The topological polar surface area (TPSA) is 82.8 Å². The summed E-state index contributed by atoms with van der Waals surface area (Å²) in [6.07, 6.45) is 1.57. The Morgan fingerprint density at radius 3 is 2.37 bits per heavy atom. The molecule has 4 aromatic rings. The van der Waals surface area contributed by atoms with Crippen LogP contribution in [0.15, 0.2) is 83.5 Å². The SMILES string of the molecule is Cc1ccccc1C(=O)N(CC(=O)N1CCN(c2ccc(-c3ccccc3Cl)nn2)CC1)Cc1ccco1. The third-order valence-electron chi connectivity index (χ3n) is 6.67. The van der Waals surface area contributed by atoms with Crippen molar-refractivity contribution in [3.8, 4) is 11.3 Å². The van der Waals surface area contributed by atoms with Gasteiger partial charge in [-0.3, -0.25) is 9.59 Å². The molecule has 0 atom stereocenters. The molecule has 0 aliphatic carbocycles. The van der Waals surface area contributed by atoms with Crippen LogP contribution in [0.25, 0.3) is 11.3 Å². The molecule has 0 N–H and O–H groups in total. The van der Waals surface area contributed by atoms with Crippen LogP contribution < -0.4 is 4.90 Å². The van der Waals surface area contributed by atoms with Crippen LogP contribution in [-0.4, -0.2) is 64.5 Å². The average Bonchev–Trinajstić information content (AvgIpc) is 3.46. The summed E-state index contributed by atoms with van der Waals surface area (Å²) in [6.45, 7) is 4.38. The van der Waals surface area contributed by atoms with Crippen molar-refractivity contribution in [2.75, 3.05) is 37.6 Å². The molecule has 1 aliphatic heterocycles. The summed E-state index contributed by atoms with van der Waals surface area (Å²) in [6, 6.07) is 22.3. The van der Waals surface area contributed by atoms with Gasteiger partial charge in [0.15, 0.2) is 5.82 Å². The third-order valence-corrected chi connectivity index (χ3v) is 7.00. The lowest BCUT2D eigenvalue weighted by Crippen LogP contribution is -2.52. The minimum Gasteiger partial charge on any atom is -0.467 e. The quantitative estimate of drug-likeness (QED) is 0.345. The largest absolute Gasteiger partial charge is 0.467 e. The number of halogens is 1. The van der Waals surface area contributed by atoms with Crippen molar-refractivity contribution in [2.24, 2.45) is 0 Å². The van der Waals surface area contributed by atoms with Crippen LogP contribution >= 0.6 is 11.6 Å². The van der Waals surface area contributed by atoms with E-state index in [1.165, 1.54) is 0 Å². The van der Waals surface area contributed by atoms with Gasteiger partial charge >= 0.3 is 0 Å². The van der Waals surface area contributed by atoms with E-state index in [0.717, 1.165) is 16.9 Å². The number of hydrogen-bond acceptors (Lipinski definition) is 6. The van der Waals surface area contributed by atoms with E-state index in [-0.39, 0.29) is 24.9 Å². The minimum absolute atomic E-state index is 0.0276. The molecule has 0 spiro atoms. The van der Waals surface area contributed by atoms with Crippen molar-refractivity contribution in [3.05, 3.63) is 101 Å². The number of piperazine rings is 1. The molecule has 0 bridgehead atoms. The Balaban J connectivity index is 1.22. The molecule has 0 unspecified atom stereocenters. The zero-order chi connectivity index (χ0) is 26.5. The van der Waals surface area contributed by atoms with E-state index in [1.54, 1.807) is 34.3 Å². The van der Waals surface area contributed by atoms with Crippen molar-refractivity contribution < 1.29 is 14.0 Å². The van der Waals surface area contributed by atoms with Crippen LogP contribution in [0, 0.1) is 6.92 Å². The van der Waals surface area contributed by atoms with Gasteiger partial charge in [0.05, 0.1) is 23.5 Å². The second-order valence-electron chi connectivity index (χ2n) is 9.18. The number of rotatable bonds is 7. The number of aryl methyl sites for hydroxylation is 1. The van der Waals surface area contributed by atoms with Gasteiger partial charge in [0.25, 0.3) is 5.91 Å². The number of hydrogen-bond donors (Lipinski definition) is 0. The molecule has 9 heteroatoms. The van der Waals surface area contributed by atoms with Crippen molar-refractivity contribution in [1.82, 2.24) is 20.0 Å². The second kappa shape index (κ2) is 11.5. The lowest BCUT2D eigenvalue weighted by atomic mass is 10.1. The fourth-order valence-corrected chi connectivity index (χ4v) is 4.76. The van der Waals surface area contributed by atoms with Gasteiger partial charge in [0.1, 0.15) is 12.3 Å². The molecular formula is C29H28ClN5O3. The molecule has 2 amide bonds. The monoisotopic (exact) mass is 529 g/mol. The lowest BCUT2D eigenvalue weighted by molar-refractivity contribution is -0.132. The van der Waals surface area contributed by atoms with E-state index in [1.807, 2.05) is 61.5 Å². The highest BCUT2D eigenvalue weighted by molar-refractivity contribution is 6.33. The van der Waals surface area contributed by atoms with Gasteiger partial charge in [-0.1, -0.05) is 48.0 Å². The maximum atomic E-state index is 13.4. The van der Waals surface area contributed by atoms with Crippen LogP contribution in [0.3, 0.4) is 0 Å². The molecule has 194 valence electrons. The number of furan rings is 1. The van der Waals surface area contributed by atoms with Crippen LogP contribution in [0.4, 0.5) is 5.82 Å². The predicted molar refractivity (Wildman–Crippen MR) is 146 cm³/mol. The van der Waals surface area contributed by atoms with E-state index < -0.39 is 0 Å². The fourth-order valence-electron chi connectivity index (χ4n) is 4.53. The average molecular weight is 530 g/mol. The van der Waals surface area contributed by atoms with Gasteiger partial charge in [-0.25, -0.2) is 0 Å². The summed E-state index contributed by atoms with van der Waals surface area (Å²) in [5.74, 6) is 1.09. The van der Waals surface area contributed by atoms with Crippen LogP contribution in [0.1, 0.15) is 21.7 Å². The molecule has 1 saturated heterocycles. The summed E-state index contributed by atoms with van der Waals surface area (Å²) in [5.41, 5.74) is 2.99. The number of nitrogens with zero attached hydrogens (tertiary/aromatic N) is 5. The maximum absolute atomic E-state index is 13.4. The van der Waals surface area contributed by atoms with Gasteiger partial charge in [0.2, 0.25) is 5.91 Å². The normalized spacial score (nSPS) is 13.4. The molecule has 2 aromatic carbocycles. The van der Waals surface area contributed by atoms with Gasteiger partial charge in [-0.15, -0.1) is 10.2 Å². The van der Waals surface area contributed by atoms with Crippen molar-refractivity contribution in [3.63, 3.8) is 0 Å². The number of anilines is 1. The first kappa shape index (κ1) is 25.5. The number of amides is 2. The molecule has 0 saturated carbocycles. The predicted octanol–water partition coefficient (Wildman–Crippen LogP) is 4.69. The lowest BCUT2D eigenvalue weighted by Gasteiger charge is -2.36. The zero-order valence-corrected chi connectivity index (χ0v) is 21.8. The van der Waals surface area contributed by atoms with E-state index >= 15 is 0 Å². The van der Waals surface area contributed by atoms with Crippen LogP contribution in [-0.2, 0) is 11.3 Å². The summed E-state index contributed by atoms with van der Waals surface area (Å²) in [5, 5.41) is 9.38. The summed E-state index contributed by atoms with van der Waals surface area (Å²) in [4.78, 5) is 32.1. The van der Waals surface area contributed by atoms with Gasteiger partial charge in [-0.2, -0.15) is 0 Å². The third kappa shape index (κ3) is 5.70. The maximum Gasteiger partial charge on any atom is 0.255 e. The molecule has 38 heavy (non-hydrogen) atoms. The first-order valence-corrected chi connectivity index (χ1v) is 12.9. The smallest absolute Gasteiger partial charge is 0.255 e. The second-order valence-corrected chi connectivity index (χ2v) is 9.59. The highest BCUT2D eigenvalue weighted by atomic mass is 35.5. The summed E-state index contributed by atoms with van der Waals surface area (Å²) < 4.78 is 5.47. The minimum atomic E-state index is -0.194. The van der Waals surface area contributed by atoms with Gasteiger partial charge < -0.3 is 19.1 Å². The van der Waals surface area contributed by atoms with E-state index in [0.29, 0.717) is 48.2 Å². The van der Waals surface area contributed by atoms with E-state index in [2.05, 4.69) is 15.1 Å². The highest BCUT2D eigenvalue weighted by Crippen LogP contribution is 2.26. The number of carbonyl (C=O) groups is 2.